The van der Waals surface area contributed by atoms with E-state index in [0.29, 0.717) is 38.5 Å². The van der Waals surface area contributed by atoms with Crippen molar-refractivity contribution in [1.29, 1.82) is 0 Å². The van der Waals surface area contributed by atoms with Crippen LogP contribution in [0.3, 0.4) is 0 Å². The molecule has 0 aliphatic carbocycles. The molecule has 1 aliphatic rings. The van der Waals surface area contributed by atoms with Gasteiger partial charge in [-0.1, -0.05) is 24.4 Å². The summed E-state index contributed by atoms with van der Waals surface area (Å²) >= 11 is 7.29. The summed E-state index contributed by atoms with van der Waals surface area (Å²) in [7, 11) is 0. The number of piperazine rings is 1. The van der Waals surface area contributed by atoms with Crippen LogP contribution in [0.4, 0.5) is 4.79 Å². The number of thiophene rings is 1. The molecule has 1 unspecified atom stereocenters. The number of carbonyl (C=O) groups is 1. The Morgan fingerprint density at radius 1 is 1.18 bits per heavy atom. The Morgan fingerprint density at radius 3 is 2.68 bits per heavy atom. The molecular weight excluding hydrogens is 472 g/mol. The zero-order valence-electron chi connectivity index (χ0n) is 19.0. The monoisotopic (exact) mass is 498 g/mol. The Balaban J connectivity index is 1.42. The first-order chi connectivity index (χ1) is 16.4. The molecule has 1 aromatic carbocycles. The molecule has 1 N–H and O–H groups in total. The van der Waals surface area contributed by atoms with Crippen LogP contribution in [0.5, 0.6) is 11.8 Å². The second kappa shape index (κ2) is 10.9. The van der Waals surface area contributed by atoms with Gasteiger partial charge in [0.25, 0.3) is 0 Å². The zero-order valence-corrected chi connectivity index (χ0v) is 20.6. The first kappa shape index (κ1) is 24.1. The van der Waals surface area contributed by atoms with E-state index in [1.807, 2.05) is 30.3 Å². The van der Waals surface area contributed by atoms with Crippen LogP contribution in [0, 0.1) is 0 Å². The van der Waals surface area contributed by atoms with Crippen molar-refractivity contribution in [2.75, 3.05) is 32.8 Å². The highest BCUT2D eigenvalue weighted by Crippen LogP contribution is 2.30. The number of thiocarbonyl (C=S) groups is 1. The van der Waals surface area contributed by atoms with Gasteiger partial charge in [-0.2, -0.15) is 4.98 Å². The fourth-order valence-corrected chi connectivity index (χ4v) is 4.84. The molecule has 1 amide bonds. The van der Waals surface area contributed by atoms with E-state index >= 15 is 0 Å². The molecule has 178 valence electrons. The third-order valence-corrected chi connectivity index (χ3v) is 7.07. The summed E-state index contributed by atoms with van der Waals surface area (Å²) in [6, 6.07) is 13.3. The maximum atomic E-state index is 11.9. The molecule has 0 saturated carbocycles. The minimum absolute atomic E-state index is 0.229. The van der Waals surface area contributed by atoms with Gasteiger partial charge in [-0.3, -0.25) is 0 Å². The van der Waals surface area contributed by atoms with Gasteiger partial charge in [-0.05, 0) is 49.7 Å². The van der Waals surface area contributed by atoms with Crippen molar-refractivity contribution in [2.24, 2.45) is 0 Å². The first-order valence-electron chi connectivity index (χ1n) is 11.0. The molecule has 1 fully saturated rings. The van der Waals surface area contributed by atoms with Gasteiger partial charge in [0.1, 0.15) is 10.7 Å². The summed E-state index contributed by atoms with van der Waals surface area (Å²) in [5.74, 6) is 0.561. The fraction of sp³-hybridized carbons (Fsp3) is 0.333. The lowest BCUT2D eigenvalue weighted by Crippen LogP contribution is -2.50. The van der Waals surface area contributed by atoms with Crippen molar-refractivity contribution in [3.8, 4) is 22.3 Å². The quantitative estimate of drug-likeness (QED) is 0.497. The number of aliphatic hydroxyl groups is 1. The van der Waals surface area contributed by atoms with Gasteiger partial charge in [-0.25, -0.2) is 9.78 Å². The molecular formula is C24H26N4O4S2. The highest BCUT2D eigenvalue weighted by Gasteiger charge is 2.24. The summed E-state index contributed by atoms with van der Waals surface area (Å²) in [5, 5.41) is 9.79. The summed E-state index contributed by atoms with van der Waals surface area (Å²) in [6.45, 7) is 6.39. The van der Waals surface area contributed by atoms with Gasteiger partial charge < -0.3 is 24.4 Å². The molecule has 4 rings (SSSR count). The third kappa shape index (κ3) is 5.69. The van der Waals surface area contributed by atoms with Crippen molar-refractivity contribution in [3.05, 3.63) is 59.1 Å². The van der Waals surface area contributed by atoms with Crippen molar-refractivity contribution in [3.63, 3.8) is 0 Å². The number of ether oxygens (including phenoxy) is 2. The molecule has 3 heterocycles. The molecule has 0 spiro atoms. The minimum atomic E-state index is -0.586. The van der Waals surface area contributed by atoms with Gasteiger partial charge in [0.05, 0.1) is 28.2 Å². The normalized spacial score (nSPS) is 14.6. The van der Waals surface area contributed by atoms with E-state index in [0.717, 1.165) is 26.0 Å². The highest BCUT2D eigenvalue weighted by molar-refractivity contribution is 7.81. The molecule has 1 atom stereocenters. The van der Waals surface area contributed by atoms with Crippen LogP contribution in [-0.2, 0) is 4.74 Å². The van der Waals surface area contributed by atoms with E-state index in [1.54, 1.807) is 48.4 Å². The van der Waals surface area contributed by atoms with E-state index in [2.05, 4.69) is 14.9 Å². The topological polar surface area (TPSA) is 88.0 Å². The second-order valence-corrected chi connectivity index (χ2v) is 9.19. The van der Waals surface area contributed by atoms with Gasteiger partial charge in [0, 0.05) is 32.4 Å². The Labute approximate surface area is 207 Å². The molecule has 34 heavy (non-hydrogen) atoms. The van der Waals surface area contributed by atoms with E-state index in [1.165, 1.54) is 0 Å². The van der Waals surface area contributed by atoms with Gasteiger partial charge in [0.15, 0.2) is 0 Å². The van der Waals surface area contributed by atoms with Crippen LogP contribution < -0.4 is 4.74 Å². The fourth-order valence-electron chi connectivity index (χ4n) is 3.52. The number of hydrogen-bond donors (Lipinski definition) is 1. The summed E-state index contributed by atoms with van der Waals surface area (Å²) < 4.78 is 10.9. The Hall–Kier alpha value is -3.08. The average Bonchev–Trinajstić information content (AvgIpc) is 3.35. The van der Waals surface area contributed by atoms with Crippen molar-refractivity contribution in [1.82, 2.24) is 19.8 Å². The predicted molar refractivity (Wildman–Crippen MR) is 134 cm³/mol. The summed E-state index contributed by atoms with van der Waals surface area (Å²) in [5.41, 5.74) is 1.50. The number of nitrogens with zero attached hydrogens (tertiary/aromatic N) is 4. The van der Waals surface area contributed by atoms with E-state index in [9.17, 15) is 9.90 Å². The Morgan fingerprint density at radius 2 is 1.94 bits per heavy atom. The molecule has 10 heteroatoms. The van der Waals surface area contributed by atoms with E-state index in [-0.39, 0.29) is 12.1 Å². The molecule has 1 aliphatic heterocycles. The summed E-state index contributed by atoms with van der Waals surface area (Å²) in [6.07, 6.45) is 0.797. The Bertz CT molecular complexity index is 1160. The van der Waals surface area contributed by atoms with Crippen LogP contribution in [0.1, 0.15) is 30.4 Å². The van der Waals surface area contributed by atoms with Crippen LogP contribution in [0.15, 0.2) is 48.7 Å². The largest absolute Gasteiger partial charge is 0.450 e. The second-order valence-electron chi connectivity index (χ2n) is 7.72. The van der Waals surface area contributed by atoms with Gasteiger partial charge in [0.2, 0.25) is 0 Å². The molecule has 2 aromatic heterocycles. The van der Waals surface area contributed by atoms with E-state index < -0.39 is 6.10 Å². The maximum absolute atomic E-state index is 11.9. The number of aromatic nitrogens is 2. The standard InChI is InChI=1S/C24H26N4O4S2/c1-3-31-24(30)28-13-11-27(12-14-28)22(33)21-8-7-20(34-21)19-9-10-25-23(26-19)32-18-6-4-5-17(15-18)16(2)29/h4-10,15-16,29H,3,11-14H2,1-2H3. The Kier molecular flexibility index (Phi) is 7.71. The number of benzene rings is 1. The number of amides is 1. The molecule has 1 saturated heterocycles. The first-order valence-corrected chi connectivity index (χ1v) is 12.3. The lowest BCUT2D eigenvalue weighted by atomic mass is 10.1. The van der Waals surface area contributed by atoms with Crippen LogP contribution in [-0.4, -0.2) is 68.7 Å². The van der Waals surface area contributed by atoms with Crippen LogP contribution in [0.25, 0.3) is 10.6 Å². The number of hydrogen-bond acceptors (Lipinski definition) is 8. The van der Waals surface area contributed by atoms with Crippen molar-refractivity contribution < 1.29 is 19.4 Å². The van der Waals surface area contributed by atoms with Crippen LogP contribution in [0.2, 0.25) is 0 Å². The molecule has 8 nitrogen and oxygen atoms in total. The van der Waals surface area contributed by atoms with Crippen molar-refractivity contribution in [2.45, 2.75) is 20.0 Å². The predicted octanol–water partition coefficient (Wildman–Crippen LogP) is 4.50. The van der Waals surface area contributed by atoms with Crippen LogP contribution >= 0.6 is 23.6 Å². The summed E-state index contributed by atoms with van der Waals surface area (Å²) in [4.78, 5) is 27.2. The lowest BCUT2D eigenvalue weighted by Gasteiger charge is -2.35. The number of rotatable bonds is 6. The lowest BCUT2D eigenvalue weighted by molar-refractivity contribution is 0.0924. The average molecular weight is 499 g/mol. The third-order valence-electron chi connectivity index (χ3n) is 5.35. The van der Waals surface area contributed by atoms with Crippen molar-refractivity contribution >= 4 is 34.6 Å². The SMILES string of the molecule is CCOC(=O)N1CCN(C(=S)c2ccc(-c3ccnc(Oc4cccc(C(C)O)c4)n3)s2)CC1. The molecule has 0 bridgehead atoms. The molecule has 0 radical (unpaired) electrons. The molecule has 3 aromatic rings. The smallest absolute Gasteiger partial charge is 0.409 e. The van der Waals surface area contributed by atoms with E-state index in [4.69, 9.17) is 21.7 Å². The van der Waals surface area contributed by atoms with Gasteiger partial charge >= 0.3 is 12.1 Å². The van der Waals surface area contributed by atoms with Gasteiger partial charge in [-0.15, -0.1) is 11.3 Å². The maximum Gasteiger partial charge on any atom is 0.409 e. The number of aliphatic hydroxyl groups excluding tert-OH is 1. The highest BCUT2D eigenvalue weighted by atomic mass is 32.1. The number of carbonyl (C=O) groups excluding carboxylic acids is 1. The zero-order chi connectivity index (χ0) is 24.1. The minimum Gasteiger partial charge on any atom is -0.450 e.